The van der Waals surface area contributed by atoms with Crippen LogP contribution in [0.3, 0.4) is 0 Å². The van der Waals surface area contributed by atoms with E-state index in [0.717, 1.165) is 19.3 Å². The van der Waals surface area contributed by atoms with Crippen molar-refractivity contribution in [3.8, 4) is 0 Å². The Labute approximate surface area is 73.0 Å². The molecule has 0 aromatic carbocycles. The minimum absolute atomic E-state index is 0. The average Bonchev–Trinajstić information content (AvgIpc) is 1.95. The molecule has 0 saturated heterocycles. The van der Waals surface area contributed by atoms with E-state index in [1.165, 1.54) is 0 Å². The number of nitrogens with two attached hydrogens (primary N) is 1. The van der Waals surface area contributed by atoms with Gasteiger partial charge in [0.2, 0.25) is 0 Å². The standard InChI is InChI=1S/C7H15NO2.ClH/c8-4-5-2-1-3-6(9)7(5)10;/h5-7,9-10H,1-4,8H2;1H. The van der Waals surface area contributed by atoms with Gasteiger partial charge in [-0.2, -0.15) is 0 Å². The fraction of sp³-hybridized carbons (Fsp3) is 1.00. The van der Waals surface area contributed by atoms with Crippen molar-refractivity contribution in [2.45, 2.75) is 31.5 Å². The van der Waals surface area contributed by atoms with Crippen LogP contribution in [0, 0.1) is 5.92 Å². The second-order valence-electron chi connectivity index (χ2n) is 2.98. The van der Waals surface area contributed by atoms with Crippen molar-refractivity contribution in [3.05, 3.63) is 0 Å². The van der Waals surface area contributed by atoms with Crippen molar-refractivity contribution in [2.75, 3.05) is 6.54 Å². The monoisotopic (exact) mass is 181 g/mol. The average molecular weight is 182 g/mol. The van der Waals surface area contributed by atoms with Crippen LogP contribution >= 0.6 is 12.4 Å². The van der Waals surface area contributed by atoms with Crippen LogP contribution in [0.1, 0.15) is 19.3 Å². The van der Waals surface area contributed by atoms with Gasteiger partial charge in [-0.15, -0.1) is 12.4 Å². The maximum Gasteiger partial charge on any atom is 0.0839 e. The SMILES string of the molecule is Cl.NCC1CCCC(O)C1O. The van der Waals surface area contributed by atoms with Crippen LogP contribution in [0.2, 0.25) is 0 Å². The van der Waals surface area contributed by atoms with Gasteiger partial charge in [-0.3, -0.25) is 0 Å². The van der Waals surface area contributed by atoms with E-state index in [1.807, 2.05) is 0 Å². The maximum atomic E-state index is 9.31. The Morgan fingerprint density at radius 1 is 1.27 bits per heavy atom. The first-order valence-corrected chi connectivity index (χ1v) is 3.82. The number of hydrogen-bond acceptors (Lipinski definition) is 3. The Kier molecular flexibility index (Phi) is 5.01. The summed E-state index contributed by atoms with van der Waals surface area (Å²) >= 11 is 0. The van der Waals surface area contributed by atoms with Crippen LogP contribution in [0.4, 0.5) is 0 Å². The van der Waals surface area contributed by atoms with Crippen LogP contribution in [0.25, 0.3) is 0 Å². The lowest BCUT2D eigenvalue weighted by Crippen LogP contribution is -2.40. The summed E-state index contributed by atoms with van der Waals surface area (Å²) in [5.41, 5.74) is 5.38. The highest BCUT2D eigenvalue weighted by atomic mass is 35.5. The topological polar surface area (TPSA) is 66.5 Å². The minimum Gasteiger partial charge on any atom is -0.390 e. The normalized spacial score (nSPS) is 37.9. The van der Waals surface area contributed by atoms with E-state index in [4.69, 9.17) is 5.73 Å². The lowest BCUT2D eigenvalue weighted by molar-refractivity contribution is -0.0417. The third kappa shape index (κ3) is 2.60. The molecule has 1 saturated carbocycles. The summed E-state index contributed by atoms with van der Waals surface area (Å²) in [6.45, 7) is 0.484. The van der Waals surface area contributed by atoms with Crippen molar-refractivity contribution in [1.29, 1.82) is 0 Å². The van der Waals surface area contributed by atoms with E-state index in [-0.39, 0.29) is 18.3 Å². The molecule has 0 heterocycles. The third-order valence-corrected chi connectivity index (χ3v) is 2.25. The van der Waals surface area contributed by atoms with Gasteiger partial charge >= 0.3 is 0 Å². The molecule has 68 valence electrons. The largest absolute Gasteiger partial charge is 0.390 e. The molecule has 0 aromatic heterocycles. The predicted molar refractivity (Wildman–Crippen MR) is 45.7 cm³/mol. The summed E-state index contributed by atoms with van der Waals surface area (Å²) in [7, 11) is 0. The summed E-state index contributed by atoms with van der Waals surface area (Å²) in [4.78, 5) is 0. The second-order valence-corrected chi connectivity index (χ2v) is 2.98. The molecule has 0 amide bonds. The minimum atomic E-state index is -0.584. The summed E-state index contributed by atoms with van der Waals surface area (Å²) in [6.07, 6.45) is 1.54. The third-order valence-electron chi connectivity index (χ3n) is 2.25. The Hall–Kier alpha value is 0.170. The van der Waals surface area contributed by atoms with Crippen molar-refractivity contribution >= 4 is 12.4 Å². The van der Waals surface area contributed by atoms with Gasteiger partial charge in [-0.25, -0.2) is 0 Å². The van der Waals surface area contributed by atoms with Crippen LogP contribution in [-0.4, -0.2) is 29.0 Å². The number of rotatable bonds is 1. The van der Waals surface area contributed by atoms with Crippen LogP contribution in [0.5, 0.6) is 0 Å². The van der Waals surface area contributed by atoms with Gasteiger partial charge in [-0.05, 0) is 25.3 Å². The van der Waals surface area contributed by atoms with Crippen LogP contribution in [0.15, 0.2) is 0 Å². The lowest BCUT2D eigenvalue weighted by Gasteiger charge is -2.30. The molecule has 0 aromatic rings. The van der Waals surface area contributed by atoms with Gasteiger partial charge in [-0.1, -0.05) is 6.42 Å². The quantitative estimate of drug-likeness (QED) is 0.529. The summed E-state index contributed by atoms with van der Waals surface area (Å²) in [5, 5.41) is 18.5. The number of aliphatic hydroxyl groups excluding tert-OH is 2. The molecule has 1 aliphatic rings. The summed E-state index contributed by atoms with van der Waals surface area (Å²) < 4.78 is 0. The predicted octanol–water partition coefficient (Wildman–Crippen LogP) is -0.111. The van der Waals surface area contributed by atoms with E-state index < -0.39 is 12.2 Å². The van der Waals surface area contributed by atoms with Crippen molar-refractivity contribution in [2.24, 2.45) is 11.7 Å². The van der Waals surface area contributed by atoms with E-state index in [2.05, 4.69) is 0 Å². The first-order chi connectivity index (χ1) is 4.75. The summed E-state index contributed by atoms with van der Waals surface area (Å²) in [6, 6.07) is 0. The Morgan fingerprint density at radius 2 is 1.91 bits per heavy atom. The molecule has 3 atom stereocenters. The van der Waals surface area contributed by atoms with Crippen LogP contribution < -0.4 is 5.73 Å². The fourth-order valence-electron chi connectivity index (χ4n) is 1.50. The molecule has 3 nitrogen and oxygen atoms in total. The molecular formula is C7H16ClNO2. The molecule has 1 aliphatic carbocycles. The maximum absolute atomic E-state index is 9.31. The molecule has 4 N–H and O–H groups in total. The molecule has 4 heteroatoms. The van der Waals surface area contributed by atoms with E-state index in [1.54, 1.807) is 0 Å². The lowest BCUT2D eigenvalue weighted by atomic mass is 9.85. The second kappa shape index (κ2) is 4.93. The molecule has 1 fully saturated rings. The van der Waals surface area contributed by atoms with E-state index in [0.29, 0.717) is 6.54 Å². The highest BCUT2D eigenvalue weighted by Gasteiger charge is 2.28. The van der Waals surface area contributed by atoms with Gasteiger partial charge in [0.05, 0.1) is 12.2 Å². The molecule has 11 heavy (non-hydrogen) atoms. The fourth-order valence-corrected chi connectivity index (χ4v) is 1.50. The number of aliphatic hydroxyl groups is 2. The van der Waals surface area contributed by atoms with Gasteiger partial charge in [0.25, 0.3) is 0 Å². The van der Waals surface area contributed by atoms with E-state index >= 15 is 0 Å². The first-order valence-electron chi connectivity index (χ1n) is 3.82. The van der Waals surface area contributed by atoms with Crippen molar-refractivity contribution in [3.63, 3.8) is 0 Å². The van der Waals surface area contributed by atoms with Gasteiger partial charge in [0.15, 0.2) is 0 Å². The van der Waals surface area contributed by atoms with Crippen LogP contribution in [-0.2, 0) is 0 Å². The van der Waals surface area contributed by atoms with Gasteiger partial charge < -0.3 is 15.9 Å². The highest BCUT2D eigenvalue weighted by molar-refractivity contribution is 5.85. The molecule has 0 bridgehead atoms. The molecular weight excluding hydrogens is 166 g/mol. The molecule has 1 rings (SSSR count). The molecule has 0 aliphatic heterocycles. The number of hydrogen-bond donors (Lipinski definition) is 3. The van der Waals surface area contributed by atoms with Crippen molar-refractivity contribution < 1.29 is 10.2 Å². The zero-order chi connectivity index (χ0) is 7.56. The molecule has 3 unspecified atom stereocenters. The van der Waals surface area contributed by atoms with Gasteiger partial charge in [0, 0.05) is 0 Å². The van der Waals surface area contributed by atoms with Crippen molar-refractivity contribution in [1.82, 2.24) is 0 Å². The first kappa shape index (κ1) is 11.2. The Balaban J connectivity index is 0.000001000. The zero-order valence-corrected chi connectivity index (χ0v) is 7.26. The smallest absolute Gasteiger partial charge is 0.0839 e. The Bertz CT molecular complexity index is 113. The molecule has 0 spiro atoms. The zero-order valence-electron chi connectivity index (χ0n) is 6.44. The van der Waals surface area contributed by atoms with E-state index in [9.17, 15) is 10.2 Å². The number of halogens is 1. The molecule has 0 radical (unpaired) electrons. The Morgan fingerprint density at radius 3 is 2.36 bits per heavy atom. The summed E-state index contributed by atoms with van der Waals surface area (Å²) in [5.74, 6) is 0.115. The highest BCUT2D eigenvalue weighted by Crippen LogP contribution is 2.23. The van der Waals surface area contributed by atoms with Gasteiger partial charge in [0.1, 0.15) is 0 Å².